The highest BCUT2D eigenvalue weighted by atomic mass is 19.1. The van der Waals surface area contributed by atoms with Crippen LogP contribution in [-0.4, -0.2) is 30.6 Å². The van der Waals surface area contributed by atoms with Crippen molar-refractivity contribution in [3.05, 3.63) is 59.9 Å². The van der Waals surface area contributed by atoms with E-state index in [0.29, 0.717) is 17.7 Å². The molecule has 4 heterocycles. The molecule has 3 nitrogen and oxygen atoms in total. The predicted molar refractivity (Wildman–Crippen MR) is 91.6 cm³/mol. The molecule has 3 fully saturated rings. The van der Waals surface area contributed by atoms with Crippen molar-refractivity contribution in [2.45, 2.75) is 25.1 Å². The molecule has 2 aromatic rings. The summed E-state index contributed by atoms with van der Waals surface area (Å²) in [6.45, 7) is 3.50. The Morgan fingerprint density at radius 3 is 2.50 bits per heavy atom. The summed E-state index contributed by atoms with van der Waals surface area (Å²) in [5.74, 6) is 1.12. The Bertz CT molecular complexity index is 743. The molecule has 0 radical (unpaired) electrons. The van der Waals surface area contributed by atoms with Gasteiger partial charge in [0.15, 0.2) is 6.23 Å². The molecule has 1 unspecified atom stereocenters. The number of anilines is 1. The summed E-state index contributed by atoms with van der Waals surface area (Å²) in [4.78, 5) is 4.95. The Labute approximate surface area is 141 Å². The van der Waals surface area contributed by atoms with Crippen LogP contribution >= 0.6 is 0 Å². The maximum absolute atomic E-state index is 13.7. The first kappa shape index (κ1) is 14.3. The third-order valence-corrected chi connectivity index (χ3v) is 5.75. The van der Waals surface area contributed by atoms with Crippen molar-refractivity contribution in [1.82, 2.24) is 4.90 Å². The molecule has 4 aliphatic heterocycles. The number of nitrogens with zero attached hydrogens (tertiary/aromatic N) is 2. The lowest BCUT2D eigenvalue weighted by molar-refractivity contribution is 0.0699. The van der Waals surface area contributed by atoms with E-state index in [9.17, 15) is 4.39 Å². The van der Waals surface area contributed by atoms with E-state index in [0.717, 1.165) is 17.8 Å². The summed E-state index contributed by atoms with van der Waals surface area (Å²) >= 11 is 0. The Morgan fingerprint density at radius 1 is 1.00 bits per heavy atom. The monoisotopic (exact) mass is 324 g/mol. The molecule has 2 aromatic carbocycles. The van der Waals surface area contributed by atoms with Crippen LogP contribution in [0.3, 0.4) is 0 Å². The first-order valence-electron chi connectivity index (χ1n) is 8.81. The minimum absolute atomic E-state index is 0.159. The zero-order valence-electron chi connectivity index (χ0n) is 13.6. The largest absolute Gasteiger partial charge is 0.464 e. The summed E-state index contributed by atoms with van der Waals surface area (Å²) < 4.78 is 19.9. The van der Waals surface area contributed by atoms with Gasteiger partial charge in [0.2, 0.25) is 0 Å². The van der Waals surface area contributed by atoms with E-state index in [4.69, 9.17) is 4.74 Å². The van der Waals surface area contributed by atoms with Gasteiger partial charge in [0.25, 0.3) is 0 Å². The maximum Gasteiger partial charge on any atom is 0.199 e. The Kier molecular flexibility index (Phi) is 3.27. The molecule has 2 bridgehead atoms. The molecular formula is C20H21FN2O. The van der Waals surface area contributed by atoms with Crippen LogP contribution in [0.4, 0.5) is 10.1 Å². The van der Waals surface area contributed by atoms with Gasteiger partial charge in [-0.3, -0.25) is 0 Å². The minimum atomic E-state index is -0.240. The molecule has 0 aliphatic carbocycles. The van der Waals surface area contributed by atoms with Crippen molar-refractivity contribution in [2.75, 3.05) is 24.5 Å². The number of hydrogen-bond acceptors (Lipinski definition) is 3. The molecule has 2 atom stereocenters. The maximum atomic E-state index is 13.7. The quantitative estimate of drug-likeness (QED) is 0.835. The fourth-order valence-corrected chi connectivity index (χ4v) is 4.55. The van der Waals surface area contributed by atoms with E-state index in [1.165, 1.54) is 32.0 Å². The number of halogens is 1. The van der Waals surface area contributed by atoms with Crippen molar-refractivity contribution < 1.29 is 9.13 Å². The lowest BCUT2D eigenvalue weighted by Gasteiger charge is -2.49. The lowest BCUT2D eigenvalue weighted by atomic mass is 9.82. The van der Waals surface area contributed by atoms with Crippen LogP contribution in [0, 0.1) is 11.7 Å². The van der Waals surface area contributed by atoms with Crippen LogP contribution in [0.2, 0.25) is 0 Å². The number of hydrogen-bond donors (Lipinski definition) is 0. The Balaban J connectivity index is 1.58. The van der Waals surface area contributed by atoms with E-state index in [1.807, 2.05) is 24.3 Å². The van der Waals surface area contributed by atoms with Gasteiger partial charge in [0.05, 0.1) is 5.69 Å². The summed E-state index contributed by atoms with van der Waals surface area (Å²) in [6.07, 6.45) is 2.34. The van der Waals surface area contributed by atoms with Crippen molar-refractivity contribution in [3.63, 3.8) is 0 Å². The average molecular weight is 324 g/mol. The molecule has 0 amide bonds. The second-order valence-corrected chi connectivity index (χ2v) is 7.11. The van der Waals surface area contributed by atoms with E-state index < -0.39 is 0 Å². The van der Waals surface area contributed by atoms with Gasteiger partial charge in [-0.2, -0.15) is 0 Å². The normalized spacial score (nSPS) is 31.0. The van der Waals surface area contributed by atoms with Crippen LogP contribution in [0.5, 0.6) is 5.75 Å². The van der Waals surface area contributed by atoms with Gasteiger partial charge < -0.3 is 14.5 Å². The highest BCUT2D eigenvalue weighted by molar-refractivity contribution is 5.64. The molecule has 3 saturated heterocycles. The summed E-state index contributed by atoms with van der Waals surface area (Å²) in [6, 6.07) is 15.7. The van der Waals surface area contributed by atoms with Crippen molar-refractivity contribution in [1.29, 1.82) is 0 Å². The van der Waals surface area contributed by atoms with Gasteiger partial charge in [-0.15, -0.1) is 0 Å². The fourth-order valence-electron chi connectivity index (χ4n) is 4.55. The first-order valence-corrected chi connectivity index (χ1v) is 8.81. The van der Waals surface area contributed by atoms with Crippen LogP contribution in [0.25, 0.3) is 0 Å². The number of benzene rings is 2. The number of rotatable bonds is 2. The number of fused-ring (bicyclic) bond motifs is 4. The molecule has 4 heteroatoms. The number of ether oxygens (including phenoxy) is 1. The molecule has 124 valence electrons. The van der Waals surface area contributed by atoms with E-state index in [1.54, 1.807) is 6.07 Å². The van der Waals surface area contributed by atoms with E-state index in [2.05, 4.69) is 21.9 Å². The molecule has 0 aromatic heterocycles. The molecule has 0 spiro atoms. The summed E-state index contributed by atoms with van der Waals surface area (Å²) in [7, 11) is 0. The standard InChI is InChI=1S/C20H21FN2O/c21-16-6-7-17-19(12-16)24-20(15-4-2-1-3-5-15)23(17)18-13-22-10-8-14(18)9-11-22/h1-7,12,14,18,20H,8-11,13H2/t18?,20-/m0/s1. The lowest BCUT2D eigenvalue weighted by Crippen LogP contribution is -2.57. The highest BCUT2D eigenvalue weighted by Crippen LogP contribution is 2.48. The van der Waals surface area contributed by atoms with E-state index >= 15 is 0 Å². The summed E-state index contributed by atoms with van der Waals surface area (Å²) in [5.41, 5.74) is 2.16. The zero-order chi connectivity index (χ0) is 16.1. The van der Waals surface area contributed by atoms with Gasteiger partial charge >= 0.3 is 0 Å². The number of piperidine rings is 3. The minimum Gasteiger partial charge on any atom is -0.464 e. The van der Waals surface area contributed by atoms with Crippen LogP contribution in [-0.2, 0) is 0 Å². The average Bonchev–Trinajstić information content (AvgIpc) is 3.01. The molecular weight excluding hydrogens is 303 g/mol. The van der Waals surface area contributed by atoms with E-state index in [-0.39, 0.29) is 12.0 Å². The smallest absolute Gasteiger partial charge is 0.199 e. The Morgan fingerprint density at radius 2 is 1.79 bits per heavy atom. The fraction of sp³-hybridized carbons (Fsp3) is 0.400. The predicted octanol–water partition coefficient (Wildman–Crippen LogP) is 3.82. The van der Waals surface area contributed by atoms with Gasteiger partial charge in [0.1, 0.15) is 11.6 Å². The van der Waals surface area contributed by atoms with Crippen LogP contribution in [0.1, 0.15) is 24.6 Å². The molecule has 24 heavy (non-hydrogen) atoms. The van der Waals surface area contributed by atoms with Gasteiger partial charge in [0, 0.05) is 24.2 Å². The molecule has 6 rings (SSSR count). The topological polar surface area (TPSA) is 15.7 Å². The molecule has 4 aliphatic rings. The first-order chi connectivity index (χ1) is 11.8. The third-order valence-electron chi connectivity index (χ3n) is 5.75. The summed E-state index contributed by atoms with van der Waals surface area (Å²) in [5, 5.41) is 0. The highest BCUT2D eigenvalue weighted by Gasteiger charge is 2.44. The third kappa shape index (κ3) is 2.20. The van der Waals surface area contributed by atoms with Crippen molar-refractivity contribution in [3.8, 4) is 5.75 Å². The van der Waals surface area contributed by atoms with Gasteiger partial charge in [-0.05, 0) is 44.0 Å². The van der Waals surface area contributed by atoms with Gasteiger partial charge in [-0.25, -0.2) is 4.39 Å². The second kappa shape index (κ2) is 5.49. The van der Waals surface area contributed by atoms with Gasteiger partial charge in [-0.1, -0.05) is 30.3 Å². The Hall–Kier alpha value is -2.07. The molecule has 0 saturated carbocycles. The van der Waals surface area contributed by atoms with Crippen molar-refractivity contribution in [2.24, 2.45) is 5.92 Å². The van der Waals surface area contributed by atoms with Crippen LogP contribution in [0.15, 0.2) is 48.5 Å². The second-order valence-electron chi connectivity index (χ2n) is 7.11. The molecule has 0 N–H and O–H groups in total. The SMILES string of the molecule is Fc1ccc2c(c1)O[C@@H](c1ccccc1)N2C1CN2CCC1CC2. The van der Waals surface area contributed by atoms with Crippen LogP contribution < -0.4 is 9.64 Å². The van der Waals surface area contributed by atoms with Crippen molar-refractivity contribution >= 4 is 5.69 Å². The zero-order valence-corrected chi connectivity index (χ0v) is 13.6.